The molecule has 2 rings (SSSR count). The zero-order valence-electron chi connectivity index (χ0n) is 12.1. The van der Waals surface area contributed by atoms with Gasteiger partial charge in [-0.15, -0.1) is 0 Å². The first-order valence-corrected chi connectivity index (χ1v) is 7.36. The summed E-state index contributed by atoms with van der Waals surface area (Å²) in [6, 6.07) is 2.51. The molecule has 1 fully saturated rings. The van der Waals surface area contributed by atoms with E-state index in [0.29, 0.717) is 19.0 Å². The fourth-order valence-electron chi connectivity index (χ4n) is 2.68. The van der Waals surface area contributed by atoms with Gasteiger partial charge in [0.25, 0.3) is 0 Å². The van der Waals surface area contributed by atoms with Gasteiger partial charge in [-0.2, -0.15) is 5.10 Å². The summed E-state index contributed by atoms with van der Waals surface area (Å²) in [4.78, 5) is 12.3. The van der Waals surface area contributed by atoms with E-state index in [2.05, 4.69) is 5.10 Å². The van der Waals surface area contributed by atoms with Crippen molar-refractivity contribution in [1.29, 1.82) is 0 Å². The van der Waals surface area contributed by atoms with E-state index in [1.165, 1.54) is 25.7 Å². The predicted octanol–water partition coefficient (Wildman–Crippen LogP) is 2.48. The lowest BCUT2D eigenvalue weighted by Gasteiger charge is -2.24. The fourth-order valence-corrected chi connectivity index (χ4v) is 2.68. The molecule has 0 aliphatic heterocycles. The second kappa shape index (κ2) is 5.87. The topological polar surface area (TPSA) is 60.9 Å². The summed E-state index contributed by atoms with van der Waals surface area (Å²) in [6.07, 6.45) is 8.21. The Kier molecular flexibility index (Phi) is 4.40. The molecular weight excluding hydrogens is 238 g/mol. The maximum Gasteiger partial charge on any atom is 0.146 e. The summed E-state index contributed by atoms with van der Waals surface area (Å²) in [6.45, 7) is 4.37. The molecule has 0 spiro atoms. The smallest absolute Gasteiger partial charge is 0.146 e. The number of nitrogens with two attached hydrogens (primary N) is 1. The third-order valence-corrected chi connectivity index (χ3v) is 4.61. The number of hydrogen-bond donors (Lipinski definition) is 1. The molecule has 0 aromatic carbocycles. The predicted molar refractivity (Wildman–Crippen MR) is 75.9 cm³/mol. The molecule has 0 amide bonds. The maximum atomic E-state index is 12.3. The summed E-state index contributed by atoms with van der Waals surface area (Å²) < 4.78 is 2.04. The SMILES string of the molecule is CCC(C)(CN)C(=O)Cc1ccn(C2CCCC2)n1. The van der Waals surface area contributed by atoms with Gasteiger partial charge in [0.1, 0.15) is 5.78 Å². The highest BCUT2D eigenvalue weighted by molar-refractivity contribution is 5.86. The molecule has 1 atom stereocenters. The van der Waals surface area contributed by atoms with Crippen LogP contribution in [0.2, 0.25) is 0 Å². The van der Waals surface area contributed by atoms with Crippen molar-refractivity contribution in [1.82, 2.24) is 9.78 Å². The second-order valence-corrected chi connectivity index (χ2v) is 5.94. The summed E-state index contributed by atoms with van der Waals surface area (Å²) >= 11 is 0. The average Bonchev–Trinajstić information content (AvgIpc) is 3.07. The van der Waals surface area contributed by atoms with Crippen molar-refractivity contribution >= 4 is 5.78 Å². The van der Waals surface area contributed by atoms with Crippen LogP contribution >= 0.6 is 0 Å². The summed E-state index contributed by atoms with van der Waals surface area (Å²) in [5, 5.41) is 4.57. The first-order valence-electron chi connectivity index (χ1n) is 7.36. The molecule has 0 saturated heterocycles. The van der Waals surface area contributed by atoms with Crippen LogP contribution in [-0.4, -0.2) is 22.1 Å². The van der Waals surface area contributed by atoms with Crippen molar-refractivity contribution < 1.29 is 4.79 Å². The normalized spacial score (nSPS) is 19.5. The zero-order chi connectivity index (χ0) is 13.9. The van der Waals surface area contributed by atoms with E-state index >= 15 is 0 Å². The first-order chi connectivity index (χ1) is 9.09. The Morgan fingerprint density at radius 2 is 2.21 bits per heavy atom. The summed E-state index contributed by atoms with van der Waals surface area (Å²) in [5.74, 6) is 0.203. The first kappa shape index (κ1) is 14.3. The van der Waals surface area contributed by atoms with E-state index in [0.717, 1.165) is 12.1 Å². The Balaban J connectivity index is 2.01. The molecule has 4 heteroatoms. The number of carbonyl (C=O) groups is 1. The number of aromatic nitrogens is 2. The van der Waals surface area contributed by atoms with Crippen LogP contribution in [0.1, 0.15) is 57.7 Å². The van der Waals surface area contributed by atoms with Gasteiger partial charge in [-0.05, 0) is 25.3 Å². The summed E-state index contributed by atoms with van der Waals surface area (Å²) in [7, 11) is 0. The molecule has 1 aliphatic rings. The van der Waals surface area contributed by atoms with Crippen LogP contribution in [0.5, 0.6) is 0 Å². The maximum absolute atomic E-state index is 12.3. The van der Waals surface area contributed by atoms with E-state index in [1.807, 2.05) is 30.8 Å². The molecule has 1 aromatic heterocycles. The molecule has 2 N–H and O–H groups in total. The van der Waals surface area contributed by atoms with Crippen LogP contribution in [-0.2, 0) is 11.2 Å². The Morgan fingerprint density at radius 3 is 2.79 bits per heavy atom. The minimum Gasteiger partial charge on any atom is -0.329 e. The van der Waals surface area contributed by atoms with Gasteiger partial charge in [-0.1, -0.05) is 26.7 Å². The number of hydrogen-bond acceptors (Lipinski definition) is 3. The van der Waals surface area contributed by atoms with Gasteiger partial charge in [0.2, 0.25) is 0 Å². The Hall–Kier alpha value is -1.16. The lowest BCUT2D eigenvalue weighted by molar-refractivity contribution is -0.127. The third kappa shape index (κ3) is 3.06. The standard InChI is InChI=1S/C15H25N3O/c1-3-15(2,11-16)14(19)10-12-8-9-18(17-12)13-6-4-5-7-13/h8-9,13H,3-7,10-11,16H2,1-2H3. The highest BCUT2D eigenvalue weighted by atomic mass is 16.1. The minimum atomic E-state index is -0.406. The van der Waals surface area contributed by atoms with Crippen LogP contribution in [0.25, 0.3) is 0 Å². The van der Waals surface area contributed by atoms with Crippen LogP contribution in [0, 0.1) is 5.41 Å². The monoisotopic (exact) mass is 263 g/mol. The van der Waals surface area contributed by atoms with Gasteiger partial charge >= 0.3 is 0 Å². The van der Waals surface area contributed by atoms with Gasteiger partial charge in [0.15, 0.2) is 0 Å². The van der Waals surface area contributed by atoms with E-state index in [-0.39, 0.29) is 5.78 Å². The van der Waals surface area contributed by atoms with Crippen molar-refractivity contribution in [3.05, 3.63) is 18.0 Å². The number of nitrogens with zero attached hydrogens (tertiary/aromatic N) is 2. The van der Waals surface area contributed by atoms with E-state index < -0.39 is 5.41 Å². The van der Waals surface area contributed by atoms with Gasteiger partial charge in [-0.3, -0.25) is 9.48 Å². The molecule has 1 heterocycles. The van der Waals surface area contributed by atoms with E-state index in [4.69, 9.17) is 5.73 Å². The van der Waals surface area contributed by atoms with Gasteiger partial charge < -0.3 is 5.73 Å². The van der Waals surface area contributed by atoms with Crippen molar-refractivity contribution in [3.8, 4) is 0 Å². The lowest BCUT2D eigenvalue weighted by Crippen LogP contribution is -2.36. The molecule has 1 aromatic rings. The quantitative estimate of drug-likeness (QED) is 0.857. The lowest BCUT2D eigenvalue weighted by atomic mass is 9.81. The second-order valence-electron chi connectivity index (χ2n) is 5.94. The Labute approximate surface area is 115 Å². The highest BCUT2D eigenvalue weighted by Gasteiger charge is 2.30. The molecule has 1 saturated carbocycles. The molecule has 0 radical (unpaired) electrons. The highest BCUT2D eigenvalue weighted by Crippen LogP contribution is 2.29. The van der Waals surface area contributed by atoms with Crippen molar-refractivity contribution in [2.24, 2.45) is 11.1 Å². The van der Waals surface area contributed by atoms with Gasteiger partial charge in [0, 0.05) is 18.2 Å². The van der Waals surface area contributed by atoms with Crippen LogP contribution in [0.4, 0.5) is 0 Å². The average molecular weight is 263 g/mol. The molecule has 4 nitrogen and oxygen atoms in total. The minimum absolute atomic E-state index is 0.203. The fraction of sp³-hybridized carbons (Fsp3) is 0.733. The van der Waals surface area contributed by atoms with Crippen LogP contribution in [0.15, 0.2) is 12.3 Å². The zero-order valence-corrected chi connectivity index (χ0v) is 12.1. The van der Waals surface area contributed by atoms with Crippen molar-refractivity contribution in [2.45, 2.75) is 58.4 Å². The number of ketones is 1. The molecule has 19 heavy (non-hydrogen) atoms. The largest absolute Gasteiger partial charge is 0.329 e. The van der Waals surface area contributed by atoms with Gasteiger partial charge in [0.05, 0.1) is 18.2 Å². The van der Waals surface area contributed by atoms with Crippen LogP contribution in [0.3, 0.4) is 0 Å². The Morgan fingerprint density at radius 1 is 1.53 bits per heavy atom. The van der Waals surface area contributed by atoms with Crippen LogP contribution < -0.4 is 5.73 Å². The Bertz CT molecular complexity index is 428. The number of carbonyl (C=O) groups excluding carboxylic acids is 1. The van der Waals surface area contributed by atoms with E-state index in [1.54, 1.807) is 0 Å². The molecule has 1 unspecified atom stereocenters. The van der Waals surface area contributed by atoms with Crippen molar-refractivity contribution in [3.63, 3.8) is 0 Å². The van der Waals surface area contributed by atoms with Gasteiger partial charge in [-0.25, -0.2) is 0 Å². The molecule has 0 bridgehead atoms. The third-order valence-electron chi connectivity index (χ3n) is 4.61. The molecule has 106 valence electrons. The number of Topliss-reactive ketones (excluding diaryl/α,β-unsaturated/α-hetero) is 1. The number of rotatable bonds is 6. The molecular formula is C15H25N3O. The van der Waals surface area contributed by atoms with Crippen molar-refractivity contribution in [2.75, 3.05) is 6.54 Å². The molecule has 1 aliphatic carbocycles. The summed E-state index contributed by atoms with van der Waals surface area (Å²) in [5.41, 5.74) is 6.20. The van der Waals surface area contributed by atoms with E-state index in [9.17, 15) is 4.79 Å².